The average Bonchev–Trinajstić information content (AvgIpc) is 2.84. The molecule has 0 bridgehead atoms. The van der Waals surface area contributed by atoms with Gasteiger partial charge in [-0.05, 0) is 29.3 Å². The molecule has 0 aliphatic rings. The second kappa shape index (κ2) is 11.6. The van der Waals surface area contributed by atoms with Crippen molar-refractivity contribution in [2.75, 3.05) is 7.05 Å². The number of ether oxygens (including phenoxy) is 1. The van der Waals surface area contributed by atoms with Gasteiger partial charge < -0.3 is 20.1 Å². The number of carbonyl (C=O) groups excluding carboxylic acids is 2. The smallest absolute Gasteiger partial charge is 0.408 e. The third kappa shape index (κ3) is 6.90. The molecule has 176 valence electrons. The van der Waals surface area contributed by atoms with Crippen LogP contribution in [0.2, 0.25) is 0 Å². The Bertz CT molecular complexity index is 1140. The Balaban J connectivity index is 1.72. The second-order valence-corrected chi connectivity index (χ2v) is 7.75. The maximum atomic E-state index is 14.3. The first-order valence-electron chi connectivity index (χ1n) is 10.6. The van der Waals surface area contributed by atoms with Gasteiger partial charge in [0, 0.05) is 25.6 Å². The average molecular weight is 464 g/mol. The van der Waals surface area contributed by atoms with Gasteiger partial charge in [-0.15, -0.1) is 0 Å². The van der Waals surface area contributed by atoms with Crippen LogP contribution in [-0.4, -0.2) is 41.1 Å². The molecule has 3 aromatic carbocycles. The van der Waals surface area contributed by atoms with Crippen molar-refractivity contribution in [1.82, 2.24) is 10.2 Å². The lowest BCUT2D eigenvalue weighted by Gasteiger charge is -2.25. The lowest BCUT2D eigenvalue weighted by atomic mass is 10.0. The van der Waals surface area contributed by atoms with E-state index in [-0.39, 0.29) is 30.7 Å². The Morgan fingerprint density at radius 2 is 1.59 bits per heavy atom. The van der Waals surface area contributed by atoms with Crippen LogP contribution in [0.1, 0.15) is 27.0 Å². The number of amides is 2. The number of likely N-dealkylation sites (N-methyl/N-ethyl adjacent to an activating group) is 1. The van der Waals surface area contributed by atoms with Gasteiger partial charge in [0.05, 0.1) is 5.56 Å². The fourth-order valence-corrected chi connectivity index (χ4v) is 3.39. The molecule has 2 N–H and O–H groups in total. The minimum atomic E-state index is -1.19. The lowest BCUT2D eigenvalue weighted by Crippen LogP contribution is -2.48. The fourth-order valence-electron chi connectivity index (χ4n) is 3.39. The zero-order valence-corrected chi connectivity index (χ0v) is 18.6. The van der Waals surface area contributed by atoms with Gasteiger partial charge in [0.2, 0.25) is 5.91 Å². The first-order chi connectivity index (χ1) is 16.3. The molecule has 0 fully saturated rings. The summed E-state index contributed by atoms with van der Waals surface area (Å²) in [5.74, 6) is -2.29. The minimum Gasteiger partial charge on any atom is -0.478 e. The number of carboxylic acids is 1. The van der Waals surface area contributed by atoms with E-state index in [2.05, 4.69) is 5.32 Å². The Morgan fingerprint density at radius 3 is 2.21 bits per heavy atom. The third-order valence-corrected chi connectivity index (χ3v) is 5.16. The summed E-state index contributed by atoms with van der Waals surface area (Å²) < 4.78 is 19.5. The normalized spacial score (nSPS) is 11.4. The molecule has 1 atom stereocenters. The summed E-state index contributed by atoms with van der Waals surface area (Å²) in [4.78, 5) is 38.1. The van der Waals surface area contributed by atoms with Gasteiger partial charge in [0.15, 0.2) is 0 Å². The highest BCUT2D eigenvalue weighted by atomic mass is 19.1. The maximum absolute atomic E-state index is 14.3. The Morgan fingerprint density at radius 1 is 0.971 bits per heavy atom. The molecule has 7 nitrogen and oxygen atoms in total. The van der Waals surface area contributed by atoms with E-state index in [1.165, 1.54) is 18.0 Å². The van der Waals surface area contributed by atoms with Crippen LogP contribution in [0.15, 0.2) is 78.9 Å². The summed E-state index contributed by atoms with van der Waals surface area (Å²) in [5.41, 5.74) is 1.59. The van der Waals surface area contributed by atoms with Crippen LogP contribution in [0.4, 0.5) is 9.18 Å². The predicted molar refractivity (Wildman–Crippen MR) is 124 cm³/mol. The van der Waals surface area contributed by atoms with Crippen LogP contribution in [0, 0.1) is 5.82 Å². The highest BCUT2D eigenvalue weighted by Crippen LogP contribution is 2.15. The molecule has 0 aliphatic heterocycles. The van der Waals surface area contributed by atoms with Gasteiger partial charge in [0.1, 0.15) is 18.5 Å². The maximum Gasteiger partial charge on any atom is 0.408 e. The number of benzene rings is 3. The summed E-state index contributed by atoms with van der Waals surface area (Å²) in [6, 6.07) is 20.7. The summed E-state index contributed by atoms with van der Waals surface area (Å²) >= 11 is 0. The minimum absolute atomic E-state index is 0.0436. The summed E-state index contributed by atoms with van der Waals surface area (Å²) in [5, 5.41) is 11.8. The zero-order chi connectivity index (χ0) is 24.5. The van der Waals surface area contributed by atoms with Crippen LogP contribution in [0.3, 0.4) is 0 Å². The van der Waals surface area contributed by atoms with E-state index in [9.17, 15) is 18.8 Å². The van der Waals surface area contributed by atoms with Crippen molar-refractivity contribution in [2.24, 2.45) is 0 Å². The quantitative estimate of drug-likeness (QED) is 0.499. The Labute approximate surface area is 196 Å². The first kappa shape index (κ1) is 24.4. The molecule has 0 aromatic heterocycles. The van der Waals surface area contributed by atoms with Gasteiger partial charge in [-0.25, -0.2) is 14.0 Å². The van der Waals surface area contributed by atoms with Crippen LogP contribution in [0.5, 0.6) is 0 Å². The number of carbonyl (C=O) groups is 3. The molecule has 0 aliphatic carbocycles. The SMILES string of the molecule is CN(Cc1cc(C(=O)O)ccc1F)C(=O)[C@@H](Cc1ccccc1)NC(=O)OCc1ccccc1. The van der Waals surface area contributed by atoms with E-state index in [0.717, 1.165) is 23.3 Å². The van der Waals surface area contributed by atoms with Gasteiger partial charge in [-0.3, -0.25) is 4.79 Å². The topological polar surface area (TPSA) is 95.9 Å². The van der Waals surface area contributed by atoms with Crippen molar-refractivity contribution in [3.8, 4) is 0 Å². The molecule has 3 rings (SSSR count). The highest BCUT2D eigenvalue weighted by Gasteiger charge is 2.26. The molecular weight excluding hydrogens is 439 g/mol. The lowest BCUT2D eigenvalue weighted by molar-refractivity contribution is -0.132. The third-order valence-electron chi connectivity index (χ3n) is 5.16. The van der Waals surface area contributed by atoms with Crippen LogP contribution in [-0.2, 0) is 29.1 Å². The van der Waals surface area contributed by atoms with E-state index < -0.39 is 29.8 Å². The molecule has 0 radical (unpaired) electrons. The molecule has 8 heteroatoms. The molecule has 3 aromatic rings. The van der Waals surface area contributed by atoms with Crippen molar-refractivity contribution < 1.29 is 28.6 Å². The van der Waals surface area contributed by atoms with Crippen molar-refractivity contribution >= 4 is 18.0 Å². The van der Waals surface area contributed by atoms with Crippen molar-refractivity contribution in [3.05, 3.63) is 107 Å². The van der Waals surface area contributed by atoms with E-state index in [0.29, 0.717) is 0 Å². The monoisotopic (exact) mass is 464 g/mol. The van der Waals surface area contributed by atoms with E-state index in [4.69, 9.17) is 9.84 Å². The highest BCUT2D eigenvalue weighted by molar-refractivity contribution is 5.88. The van der Waals surface area contributed by atoms with E-state index in [1.807, 2.05) is 60.7 Å². The molecular formula is C26H25FN2O5. The molecule has 0 saturated heterocycles. The largest absolute Gasteiger partial charge is 0.478 e. The number of nitrogens with zero attached hydrogens (tertiary/aromatic N) is 1. The van der Waals surface area contributed by atoms with Crippen molar-refractivity contribution in [2.45, 2.75) is 25.6 Å². The predicted octanol–water partition coefficient (Wildman–Crippen LogP) is 4.02. The molecule has 2 amide bonds. The van der Waals surface area contributed by atoms with Gasteiger partial charge >= 0.3 is 12.1 Å². The number of carboxylic acid groups (broad SMARTS) is 1. The molecule has 34 heavy (non-hydrogen) atoms. The van der Waals surface area contributed by atoms with Gasteiger partial charge in [-0.2, -0.15) is 0 Å². The van der Waals surface area contributed by atoms with Gasteiger partial charge in [-0.1, -0.05) is 60.7 Å². The number of halogens is 1. The number of hydrogen-bond acceptors (Lipinski definition) is 4. The molecule has 0 saturated carbocycles. The van der Waals surface area contributed by atoms with Crippen molar-refractivity contribution in [1.29, 1.82) is 0 Å². The standard InChI is InChI=1S/C26H25FN2O5/c1-29(16-21-15-20(25(31)32)12-13-22(21)27)24(30)23(14-18-8-4-2-5-9-18)28-26(33)34-17-19-10-6-3-7-11-19/h2-13,15,23H,14,16-17H2,1H3,(H,28,33)(H,31,32)/t23-/m1/s1. The van der Waals surface area contributed by atoms with Gasteiger partial charge in [0.25, 0.3) is 0 Å². The van der Waals surface area contributed by atoms with E-state index >= 15 is 0 Å². The Hall–Kier alpha value is -4.20. The van der Waals surface area contributed by atoms with Crippen molar-refractivity contribution in [3.63, 3.8) is 0 Å². The number of aromatic carboxylic acids is 1. The summed E-state index contributed by atoms with van der Waals surface area (Å²) in [7, 11) is 1.46. The summed E-state index contributed by atoms with van der Waals surface area (Å²) in [6.45, 7) is -0.125. The first-order valence-corrected chi connectivity index (χ1v) is 10.6. The number of alkyl carbamates (subject to hydrolysis) is 1. The summed E-state index contributed by atoms with van der Waals surface area (Å²) in [6.07, 6.45) is -0.562. The number of hydrogen-bond donors (Lipinski definition) is 2. The van der Waals surface area contributed by atoms with Crippen LogP contribution < -0.4 is 5.32 Å². The number of rotatable bonds is 9. The molecule has 0 spiro atoms. The van der Waals surface area contributed by atoms with Crippen LogP contribution in [0.25, 0.3) is 0 Å². The van der Waals surface area contributed by atoms with E-state index in [1.54, 1.807) is 0 Å². The molecule has 0 unspecified atom stereocenters. The Kier molecular flexibility index (Phi) is 8.34. The zero-order valence-electron chi connectivity index (χ0n) is 18.6. The molecule has 0 heterocycles. The second-order valence-electron chi connectivity index (χ2n) is 7.75. The fraction of sp³-hybridized carbons (Fsp3) is 0.192. The van der Waals surface area contributed by atoms with Crippen LogP contribution >= 0.6 is 0 Å². The number of nitrogens with one attached hydrogen (secondary N) is 1.